The Bertz CT molecular complexity index is 604. The summed E-state index contributed by atoms with van der Waals surface area (Å²) in [7, 11) is 0. The highest BCUT2D eigenvalue weighted by molar-refractivity contribution is 6.30. The first-order valence-corrected chi connectivity index (χ1v) is 6.58. The van der Waals surface area contributed by atoms with Gasteiger partial charge >= 0.3 is 0 Å². The summed E-state index contributed by atoms with van der Waals surface area (Å²) in [6.07, 6.45) is 1.27. The number of benzene rings is 2. The van der Waals surface area contributed by atoms with Crippen LogP contribution in [0.1, 0.15) is 18.1 Å². The molecule has 1 aliphatic heterocycles. The molecule has 0 fully saturated rings. The third-order valence-corrected chi connectivity index (χ3v) is 3.64. The van der Waals surface area contributed by atoms with Crippen LogP contribution in [0.3, 0.4) is 0 Å². The number of para-hydroxylation sites is 1. The number of hydrogen-bond donors (Lipinski definition) is 0. The predicted octanol–water partition coefficient (Wildman–Crippen LogP) is 4.64. The van der Waals surface area contributed by atoms with Gasteiger partial charge in [-0.15, -0.1) is 0 Å². The highest BCUT2D eigenvalue weighted by atomic mass is 35.5. The second kappa shape index (κ2) is 4.33. The SMILES string of the molecule is Cc1cc(Cl)ccc1-c1cccc2c1OC(C)C2. The van der Waals surface area contributed by atoms with Crippen molar-refractivity contribution in [1.82, 2.24) is 0 Å². The summed E-state index contributed by atoms with van der Waals surface area (Å²) in [5.74, 6) is 1.04. The largest absolute Gasteiger partial charge is 0.489 e. The van der Waals surface area contributed by atoms with Gasteiger partial charge in [0.1, 0.15) is 11.9 Å². The lowest BCUT2D eigenvalue weighted by Crippen LogP contribution is -2.05. The maximum atomic E-state index is 6.01. The summed E-state index contributed by atoms with van der Waals surface area (Å²) in [6.45, 7) is 4.19. The van der Waals surface area contributed by atoms with Crippen LogP contribution in [0.2, 0.25) is 5.02 Å². The molecule has 2 aromatic rings. The van der Waals surface area contributed by atoms with Crippen LogP contribution in [-0.4, -0.2) is 6.10 Å². The standard InChI is InChI=1S/C16H15ClO/c1-10-8-13(17)6-7-14(10)15-5-3-4-12-9-11(2)18-16(12)15/h3-8,11H,9H2,1-2H3. The molecule has 0 spiro atoms. The highest BCUT2D eigenvalue weighted by Gasteiger charge is 2.22. The van der Waals surface area contributed by atoms with Crippen molar-refractivity contribution in [3.05, 3.63) is 52.5 Å². The molecule has 1 unspecified atom stereocenters. The zero-order valence-electron chi connectivity index (χ0n) is 10.5. The van der Waals surface area contributed by atoms with Crippen molar-refractivity contribution < 1.29 is 4.74 Å². The van der Waals surface area contributed by atoms with E-state index in [1.54, 1.807) is 0 Å². The average molecular weight is 259 g/mol. The predicted molar refractivity (Wildman–Crippen MR) is 75.4 cm³/mol. The van der Waals surface area contributed by atoms with Crippen molar-refractivity contribution in [2.24, 2.45) is 0 Å². The second-order valence-electron chi connectivity index (χ2n) is 4.89. The van der Waals surface area contributed by atoms with Crippen molar-refractivity contribution in [2.75, 3.05) is 0 Å². The molecule has 92 valence electrons. The third kappa shape index (κ3) is 1.89. The molecular formula is C16H15ClO. The molecular weight excluding hydrogens is 244 g/mol. The van der Waals surface area contributed by atoms with E-state index in [-0.39, 0.29) is 6.10 Å². The molecule has 0 N–H and O–H groups in total. The molecule has 0 bridgehead atoms. The first-order chi connectivity index (χ1) is 8.65. The summed E-state index contributed by atoms with van der Waals surface area (Å²) in [5, 5.41) is 0.776. The van der Waals surface area contributed by atoms with Crippen LogP contribution in [0.25, 0.3) is 11.1 Å². The van der Waals surface area contributed by atoms with Gasteiger partial charge in [0.25, 0.3) is 0 Å². The molecule has 0 saturated carbocycles. The van der Waals surface area contributed by atoms with Crippen LogP contribution < -0.4 is 4.74 Å². The van der Waals surface area contributed by atoms with Crippen LogP contribution in [0.5, 0.6) is 5.75 Å². The molecule has 0 aliphatic carbocycles. The minimum absolute atomic E-state index is 0.272. The van der Waals surface area contributed by atoms with Gasteiger partial charge in [0.05, 0.1) is 0 Å². The Kier molecular flexibility index (Phi) is 2.79. The fraction of sp³-hybridized carbons (Fsp3) is 0.250. The number of halogens is 1. The van der Waals surface area contributed by atoms with Gasteiger partial charge in [-0.3, -0.25) is 0 Å². The van der Waals surface area contributed by atoms with Crippen LogP contribution in [0.4, 0.5) is 0 Å². The van der Waals surface area contributed by atoms with E-state index in [2.05, 4.69) is 38.1 Å². The van der Waals surface area contributed by atoms with Gasteiger partial charge in [-0.05, 0) is 42.7 Å². The summed E-state index contributed by atoms with van der Waals surface area (Å²) in [5.41, 5.74) is 4.85. The lowest BCUT2D eigenvalue weighted by molar-refractivity contribution is 0.255. The maximum Gasteiger partial charge on any atom is 0.130 e. The van der Waals surface area contributed by atoms with Gasteiger partial charge < -0.3 is 4.74 Å². The molecule has 18 heavy (non-hydrogen) atoms. The van der Waals surface area contributed by atoms with Gasteiger partial charge in [0.2, 0.25) is 0 Å². The van der Waals surface area contributed by atoms with Crippen LogP contribution in [0.15, 0.2) is 36.4 Å². The smallest absolute Gasteiger partial charge is 0.130 e. The summed E-state index contributed by atoms with van der Waals surface area (Å²) in [4.78, 5) is 0. The van der Waals surface area contributed by atoms with Crippen LogP contribution in [-0.2, 0) is 6.42 Å². The van der Waals surface area contributed by atoms with Crippen LogP contribution in [0, 0.1) is 6.92 Å². The zero-order chi connectivity index (χ0) is 12.7. The van der Waals surface area contributed by atoms with E-state index in [0.717, 1.165) is 17.2 Å². The maximum absolute atomic E-state index is 6.01. The zero-order valence-corrected chi connectivity index (χ0v) is 11.3. The molecule has 1 atom stereocenters. The monoisotopic (exact) mass is 258 g/mol. The van der Waals surface area contributed by atoms with Crippen molar-refractivity contribution in [2.45, 2.75) is 26.4 Å². The molecule has 1 heterocycles. The fourth-order valence-electron chi connectivity index (χ4n) is 2.58. The molecule has 0 amide bonds. The van der Waals surface area contributed by atoms with Gasteiger partial charge in [0.15, 0.2) is 0 Å². The Balaban J connectivity index is 2.16. The minimum Gasteiger partial charge on any atom is -0.489 e. The molecule has 0 radical (unpaired) electrons. The van der Waals surface area contributed by atoms with E-state index in [9.17, 15) is 0 Å². The third-order valence-electron chi connectivity index (χ3n) is 3.40. The molecule has 3 rings (SSSR count). The van der Waals surface area contributed by atoms with E-state index in [1.165, 1.54) is 22.3 Å². The van der Waals surface area contributed by atoms with Crippen molar-refractivity contribution in [3.8, 4) is 16.9 Å². The Morgan fingerprint density at radius 3 is 2.78 bits per heavy atom. The van der Waals surface area contributed by atoms with E-state index in [4.69, 9.17) is 16.3 Å². The van der Waals surface area contributed by atoms with Gasteiger partial charge in [-0.1, -0.05) is 35.9 Å². The van der Waals surface area contributed by atoms with E-state index in [1.807, 2.05) is 12.1 Å². The quantitative estimate of drug-likeness (QED) is 0.724. The number of rotatable bonds is 1. The first kappa shape index (κ1) is 11.6. The van der Waals surface area contributed by atoms with Gasteiger partial charge in [-0.2, -0.15) is 0 Å². The Hall–Kier alpha value is -1.47. The Labute approximate surface area is 112 Å². The molecule has 2 aromatic carbocycles. The summed E-state index contributed by atoms with van der Waals surface area (Å²) in [6, 6.07) is 12.4. The Morgan fingerprint density at radius 2 is 2.00 bits per heavy atom. The van der Waals surface area contributed by atoms with E-state index >= 15 is 0 Å². The Morgan fingerprint density at radius 1 is 1.17 bits per heavy atom. The summed E-state index contributed by atoms with van der Waals surface area (Å²) < 4.78 is 5.94. The fourth-order valence-corrected chi connectivity index (χ4v) is 2.81. The average Bonchev–Trinajstić information content (AvgIpc) is 2.69. The number of hydrogen-bond acceptors (Lipinski definition) is 1. The highest BCUT2D eigenvalue weighted by Crippen LogP contribution is 2.40. The van der Waals surface area contributed by atoms with Crippen molar-refractivity contribution in [3.63, 3.8) is 0 Å². The number of aryl methyl sites for hydroxylation is 1. The van der Waals surface area contributed by atoms with E-state index < -0.39 is 0 Å². The molecule has 2 heteroatoms. The molecule has 0 saturated heterocycles. The topological polar surface area (TPSA) is 9.23 Å². The molecule has 1 aliphatic rings. The summed E-state index contributed by atoms with van der Waals surface area (Å²) >= 11 is 6.01. The lowest BCUT2D eigenvalue weighted by atomic mass is 9.97. The van der Waals surface area contributed by atoms with E-state index in [0.29, 0.717) is 0 Å². The molecule has 0 aromatic heterocycles. The van der Waals surface area contributed by atoms with Crippen molar-refractivity contribution >= 4 is 11.6 Å². The number of fused-ring (bicyclic) bond motifs is 1. The van der Waals surface area contributed by atoms with Gasteiger partial charge in [-0.25, -0.2) is 0 Å². The van der Waals surface area contributed by atoms with Gasteiger partial charge in [0, 0.05) is 17.0 Å². The first-order valence-electron chi connectivity index (χ1n) is 6.20. The minimum atomic E-state index is 0.272. The second-order valence-corrected chi connectivity index (χ2v) is 5.32. The lowest BCUT2D eigenvalue weighted by Gasteiger charge is -2.12. The van der Waals surface area contributed by atoms with Crippen molar-refractivity contribution in [1.29, 1.82) is 0 Å². The normalized spacial score (nSPS) is 17.4. The molecule has 1 nitrogen and oxygen atoms in total. The van der Waals surface area contributed by atoms with Crippen LogP contribution >= 0.6 is 11.6 Å². The number of ether oxygens (including phenoxy) is 1.